The van der Waals surface area contributed by atoms with Gasteiger partial charge in [0, 0.05) is 41.2 Å². The van der Waals surface area contributed by atoms with Crippen molar-refractivity contribution < 1.29 is 8.78 Å². The lowest BCUT2D eigenvalue weighted by Crippen LogP contribution is -2.13. The highest BCUT2D eigenvalue weighted by molar-refractivity contribution is 6.03. The van der Waals surface area contributed by atoms with Crippen LogP contribution in [0, 0.1) is 29.9 Å². The number of hydrogen-bond donors (Lipinski definition) is 0. The van der Waals surface area contributed by atoms with Gasteiger partial charge in [-0.1, -0.05) is 30.3 Å². The molecule has 198 valence electrons. The van der Waals surface area contributed by atoms with Crippen LogP contribution in [0.3, 0.4) is 0 Å². The predicted molar refractivity (Wildman–Crippen MR) is 157 cm³/mol. The first-order valence-electron chi connectivity index (χ1n) is 12.6. The van der Waals surface area contributed by atoms with Crippen molar-refractivity contribution in [2.45, 2.75) is 13.8 Å². The largest absolute Gasteiger partial charge is 0.343 e. The molecular formula is C33H25F2N3O2. The van der Waals surface area contributed by atoms with Gasteiger partial charge in [-0.15, -0.1) is 0 Å². The molecule has 6 rings (SSSR count). The highest BCUT2D eigenvalue weighted by Crippen LogP contribution is 2.25. The molecule has 0 atom stereocenters. The molecular weight excluding hydrogens is 508 g/mol. The molecule has 0 aliphatic carbocycles. The van der Waals surface area contributed by atoms with Crippen molar-refractivity contribution in [3.8, 4) is 6.07 Å². The highest BCUT2D eigenvalue weighted by atomic mass is 19.1. The van der Waals surface area contributed by atoms with E-state index in [0.717, 1.165) is 34.2 Å². The molecule has 0 unspecified atom stereocenters. The molecule has 0 bridgehead atoms. The lowest BCUT2D eigenvalue weighted by atomic mass is 10.0. The van der Waals surface area contributed by atoms with E-state index in [2.05, 4.69) is 0 Å². The number of aryl methyl sites for hydroxylation is 3. The molecule has 0 N–H and O–H groups in total. The lowest BCUT2D eigenvalue weighted by Gasteiger charge is -2.14. The van der Waals surface area contributed by atoms with Crippen molar-refractivity contribution in [2.24, 2.45) is 14.1 Å². The number of nitriles is 1. The normalized spacial score (nSPS) is 11.6. The van der Waals surface area contributed by atoms with Crippen LogP contribution >= 0.6 is 0 Å². The van der Waals surface area contributed by atoms with Crippen LogP contribution in [0.5, 0.6) is 0 Å². The minimum absolute atomic E-state index is 0.00351. The van der Waals surface area contributed by atoms with E-state index in [4.69, 9.17) is 5.26 Å². The summed E-state index contributed by atoms with van der Waals surface area (Å²) < 4.78 is 30.4. The second-order valence-electron chi connectivity index (χ2n) is 9.59. The lowest BCUT2D eigenvalue weighted by molar-refractivity contribution is 0.590. The van der Waals surface area contributed by atoms with E-state index in [1.54, 1.807) is 6.92 Å². The Hall–Kier alpha value is -5.09. The van der Waals surface area contributed by atoms with Gasteiger partial charge >= 0.3 is 0 Å². The van der Waals surface area contributed by atoms with Crippen LogP contribution in [0.1, 0.15) is 18.1 Å². The van der Waals surface area contributed by atoms with E-state index in [1.807, 2.05) is 90.0 Å². The van der Waals surface area contributed by atoms with E-state index in [0.29, 0.717) is 21.5 Å². The number of para-hydroxylation sites is 2. The van der Waals surface area contributed by atoms with Gasteiger partial charge < -0.3 is 9.13 Å². The van der Waals surface area contributed by atoms with Gasteiger partial charge in [0.2, 0.25) is 0 Å². The number of benzene rings is 4. The second-order valence-corrected chi connectivity index (χ2v) is 9.59. The summed E-state index contributed by atoms with van der Waals surface area (Å²) in [6, 6.07) is 22.8. The first kappa shape index (κ1) is 26.5. The van der Waals surface area contributed by atoms with Gasteiger partial charge in [-0.2, -0.15) is 5.26 Å². The molecule has 6 aromatic rings. The summed E-state index contributed by atoms with van der Waals surface area (Å²) in [5, 5.41) is 11.3. The number of hydrogen-bond acceptors (Lipinski definition) is 3. The number of pyridine rings is 2. The molecule has 0 spiro atoms. The number of rotatable bonds is 1. The molecule has 7 heteroatoms. The topological polar surface area (TPSA) is 67.8 Å². The van der Waals surface area contributed by atoms with Crippen molar-refractivity contribution in [1.29, 1.82) is 5.26 Å². The summed E-state index contributed by atoms with van der Waals surface area (Å²) in [7, 11) is 3.86. The Morgan fingerprint density at radius 3 is 1.65 bits per heavy atom. The molecule has 0 radical (unpaired) electrons. The molecule has 5 nitrogen and oxygen atoms in total. The quantitative estimate of drug-likeness (QED) is 0.171. The zero-order valence-corrected chi connectivity index (χ0v) is 22.4. The summed E-state index contributed by atoms with van der Waals surface area (Å²) in [5.74, 6) is -1.07. The summed E-state index contributed by atoms with van der Waals surface area (Å²) >= 11 is 0. The maximum atomic E-state index is 13.3. The zero-order valence-electron chi connectivity index (χ0n) is 22.4. The second kappa shape index (κ2) is 10.2. The maximum absolute atomic E-state index is 13.3. The zero-order chi connectivity index (χ0) is 28.7. The predicted octanol–water partition coefficient (Wildman–Crippen LogP) is 6.90. The Balaban J connectivity index is 0.000000197. The van der Waals surface area contributed by atoms with Gasteiger partial charge in [-0.05, 0) is 67.9 Å². The van der Waals surface area contributed by atoms with Crippen LogP contribution in [0.15, 0.2) is 88.5 Å². The van der Waals surface area contributed by atoms with Crippen LogP contribution < -0.4 is 10.9 Å². The van der Waals surface area contributed by atoms with Gasteiger partial charge in [0.25, 0.3) is 0 Å². The molecule has 2 heterocycles. The van der Waals surface area contributed by atoms with Crippen LogP contribution in [0.2, 0.25) is 0 Å². The van der Waals surface area contributed by atoms with Crippen LogP contribution in [0.4, 0.5) is 8.78 Å². The van der Waals surface area contributed by atoms with Gasteiger partial charge in [0.1, 0.15) is 11.6 Å². The molecule has 0 fully saturated rings. The third-order valence-electron chi connectivity index (χ3n) is 7.29. The summed E-state index contributed by atoms with van der Waals surface area (Å²) in [6.07, 6.45) is 1.45. The van der Waals surface area contributed by atoms with Crippen LogP contribution in [-0.2, 0) is 14.1 Å². The first-order valence-corrected chi connectivity index (χ1v) is 12.6. The van der Waals surface area contributed by atoms with E-state index in [1.165, 1.54) is 13.0 Å². The average molecular weight is 534 g/mol. The molecule has 2 aromatic heterocycles. The summed E-state index contributed by atoms with van der Waals surface area (Å²) in [4.78, 5) is 26.1. The Morgan fingerprint density at radius 1 is 0.725 bits per heavy atom. The van der Waals surface area contributed by atoms with E-state index < -0.39 is 11.6 Å². The maximum Gasteiger partial charge on any atom is 0.197 e. The van der Waals surface area contributed by atoms with Gasteiger partial charge in [-0.3, -0.25) is 9.59 Å². The minimum atomic E-state index is -0.571. The Morgan fingerprint density at radius 2 is 1.20 bits per heavy atom. The average Bonchev–Trinajstić information content (AvgIpc) is 2.97. The number of halogens is 2. The standard InChI is InChI=1S/C22H16N2O2.C11H9F2N/c1-23-17-9-5-3-7-13(17)21(25)15-12-20-16(11-19(15)23)22(26)14-8-4-6-10-18(14)24(20)2;1-3-8(6-14)9-5-10(12)7(2)4-11(9)13/h3-12H,1-2H3;3-5H,1-2H3/b;8-3+. The van der Waals surface area contributed by atoms with Crippen molar-refractivity contribution in [3.63, 3.8) is 0 Å². The fraction of sp³-hybridized carbons (Fsp3) is 0.121. The van der Waals surface area contributed by atoms with E-state index in [-0.39, 0.29) is 27.6 Å². The van der Waals surface area contributed by atoms with Crippen molar-refractivity contribution in [3.05, 3.63) is 122 Å². The number of allylic oxidation sites excluding steroid dienone is 2. The highest BCUT2D eigenvalue weighted by Gasteiger charge is 2.14. The molecule has 0 aliphatic heterocycles. The molecule has 0 aliphatic rings. The smallest absolute Gasteiger partial charge is 0.197 e. The van der Waals surface area contributed by atoms with Crippen LogP contribution in [0.25, 0.3) is 49.2 Å². The number of fused-ring (bicyclic) bond motifs is 4. The number of nitrogens with zero attached hydrogens (tertiary/aromatic N) is 3. The summed E-state index contributed by atoms with van der Waals surface area (Å²) in [5.41, 5.74) is 3.65. The van der Waals surface area contributed by atoms with E-state index in [9.17, 15) is 18.4 Å². The number of aromatic nitrogens is 2. The van der Waals surface area contributed by atoms with Gasteiger partial charge in [0.15, 0.2) is 10.9 Å². The Kier molecular flexibility index (Phi) is 6.78. The van der Waals surface area contributed by atoms with Crippen molar-refractivity contribution in [2.75, 3.05) is 0 Å². The van der Waals surface area contributed by atoms with E-state index >= 15 is 0 Å². The Bertz CT molecular complexity index is 2070. The van der Waals surface area contributed by atoms with Crippen molar-refractivity contribution in [1.82, 2.24) is 9.13 Å². The first-order chi connectivity index (χ1) is 19.2. The minimum Gasteiger partial charge on any atom is -0.343 e. The molecule has 0 amide bonds. The Labute approximate surface area is 228 Å². The SMILES string of the molecule is C/C=C(\C#N)c1cc(F)c(C)cc1F.Cn1c2ccccc2c(=O)c2cc3c(cc21)c(=O)c1ccccc1n3C. The van der Waals surface area contributed by atoms with Crippen LogP contribution in [-0.4, -0.2) is 9.13 Å². The fourth-order valence-electron chi connectivity index (χ4n) is 5.09. The van der Waals surface area contributed by atoms with Gasteiger partial charge in [0.05, 0.1) is 33.7 Å². The fourth-order valence-corrected chi connectivity index (χ4v) is 5.09. The van der Waals surface area contributed by atoms with Gasteiger partial charge in [-0.25, -0.2) is 8.78 Å². The summed E-state index contributed by atoms with van der Waals surface area (Å²) in [6.45, 7) is 3.08. The molecule has 40 heavy (non-hydrogen) atoms. The third-order valence-corrected chi connectivity index (χ3v) is 7.29. The molecule has 0 saturated carbocycles. The third kappa shape index (κ3) is 4.24. The molecule has 4 aromatic carbocycles. The molecule has 0 saturated heterocycles. The van der Waals surface area contributed by atoms with Crippen molar-refractivity contribution >= 4 is 49.2 Å². The monoisotopic (exact) mass is 533 g/mol.